The summed E-state index contributed by atoms with van der Waals surface area (Å²) in [5.41, 5.74) is 4.95. The van der Waals surface area contributed by atoms with Gasteiger partial charge in [-0.3, -0.25) is 19.3 Å². The number of phenols is 1. The molecule has 1 amide bonds. The van der Waals surface area contributed by atoms with Gasteiger partial charge in [0.15, 0.2) is 0 Å². The van der Waals surface area contributed by atoms with Crippen LogP contribution in [0.3, 0.4) is 0 Å². The minimum Gasteiger partial charge on any atom is -0.506 e. The SMILES string of the molecule is O=C(C[C@@H](c1ccccc1)c1cccc(OCc2ccc(C(=O)N(CCCCC[C@H](O)c3ccc(O)c4[nH]c(=O)ccc34)Cc3ccccc3Cl)cc2)c1)O[C@H]1CN2CCC1CC2. The third-order valence-electron chi connectivity index (χ3n) is 12.6. The molecule has 3 N–H and O–H groups in total. The number of carbonyl (C=O) groups excluding carboxylic acids is 2. The maximum atomic E-state index is 14.1. The van der Waals surface area contributed by atoms with Gasteiger partial charge in [0, 0.05) is 47.6 Å². The molecule has 3 atom stereocenters. The molecule has 11 heteroatoms. The maximum absolute atomic E-state index is 14.1. The number of aromatic amines is 1. The Balaban J connectivity index is 0.880. The number of phenolic OH excluding ortho intramolecular Hbond substituents is 1. The smallest absolute Gasteiger partial charge is 0.307 e. The second-order valence-corrected chi connectivity index (χ2v) is 17.3. The second kappa shape index (κ2) is 20.5. The van der Waals surface area contributed by atoms with Crippen molar-refractivity contribution < 1.29 is 29.3 Å². The van der Waals surface area contributed by atoms with Gasteiger partial charge in [-0.15, -0.1) is 0 Å². The zero-order chi connectivity index (χ0) is 43.7. The first-order valence-electron chi connectivity index (χ1n) is 22.0. The highest BCUT2D eigenvalue weighted by Gasteiger charge is 2.37. The molecule has 5 aromatic carbocycles. The lowest BCUT2D eigenvalue weighted by Crippen LogP contribution is -2.52. The van der Waals surface area contributed by atoms with Gasteiger partial charge in [0.05, 0.1) is 18.0 Å². The molecule has 2 bridgehead atoms. The molecule has 3 saturated heterocycles. The molecular formula is C52H54ClN3O7. The zero-order valence-electron chi connectivity index (χ0n) is 35.3. The summed E-state index contributed by atoms with van der Waals surface area (Å²) in [7, 11) is 0. The summed E-state index contributed by atoms with van der Waals surface area (Å²) in [6, 6.07) is 39.2. The van der Waals surface area contributed by atoms with Gasteiger partial charge < -0.3 is 29.6 Å². The number of fused-ring (bicyclic) bond motifs is 4. The van der Waals surface area contributed by atoms with Gasteiger partial charge in [0.2, 0.25) is 5.56 Å². The number of hydrogen-bond acceptors (Lipinski definition) is 8. The highest BCUT2D eigenvalue weighted by molar-refractivity contribution is 6.31. The Bertz CT molecular complexity index is 2560. The lowest BCUT2D eigenvalue weighted by molar-refractivity contribution is -0.159. The Morgan fingerprint density at radius 2 is 1.60 bits per heavy atom. The third-order valence-corrected chi connectivity index (χ3v) is 13.0. The van der Waals surface area contributed by atoms with E-state index >= 15 is 0 Å². The number of benzene rings is 5. The third kappa shape index (κ3) is 11.0. The highest BCUT2D eigenvalue weighted by Crippen LogP contribution is 2.35. The number of aliphatic hydroxyl groups is 1. The van der Waals surface area contributed by atoms with E-state index in [9.17, 15) is 24.6 Å². The number of amides is 1. The molecule has 3 fully saturated rings. The number of ether oxygens (including phenoxy) is 2. The molecule has 3 aliphatic rings. The lowest BCUT2D eigenvalue weighted by atomic mass is 9.85. The van der Waals surface area contributed by atoms with Crippen molar-refractivity contribution >= 4 is 34.4 Å². The summed E-state index contributed by atoms with van der Waals surface area (Å²) < 4.78 is 12.4. The Hall–Kier alpha value is -5.94. The zero-order valence-corrected chi connectivity index (χ0v) is 36.1. The van der Waals surface area contributed by atoms with Crippen LogP contribution in [0.1, 0.15) is 95.1 Å². The number of nitrogens with zero attached hydrogens (tertiary/aromatic N) is 2. The first-order valence-corrected chi connectivity index (χ1v) is 22.4. The van der Waals surface area contributed by atoms with Crippen molar-refractivity contribution in [3.8, 4) is 11.5 Å². The minimum absolute atomic E-state index is 0.0353. The van der Waals surface area contributed by atoms with Crippen LogP contribution in [-0.4, -0.2) is 69.2 Å². The molecule has 0 unspecified atom stereocenters. The van der Waals surface area contributed by atoms with Crippen LogP contribution in [0.15, 0.2) is 132 Å². The van der Waals surface area contributed by atoms with E-state index in [0.29, 0.717) is 77.7 Å². The first-order chi connectivity index (χ1) is 30.7. The van der Waals surface area contributed by atoms with Gasteiger partial charge in [0.1, 0.15) is 24.2 Å². The number of pyridine rings is 1. The molecule has 4 heterocycles. The number of aromatic nitrogens is 1. The standard InChI is InChI=1S/C52H54ClN3O7/c53-45-15-7-6-12-40(45)32-56(27-8-2-5-16-46(57)42-21-23-47(58)51-43(42)22-24-49(59)54-51)52(61)38-19-17-35(18-20-38)34-62-41-14-9-13-39(30-41)44(36-10-3-1-4-11-36)31-50(60)63-48-33-55-28-25-37(48)26-29-55/h1,3-4,6-7,9-15,17-24,30,37,44,46,48,57-58H,2,5,8,16,25-29,31-34H2,(H,54,59)/t44-,46-,48-/m0/s1. The van der Waals surface area contributed by atoms with E-state index in [1.165, 1.54) is 12.1 Å². The van der Waals surface area contributed by atoms with Gasteiger partial charge in [-0.2, -0.15) is 0 Å². The summed E-state index contributed by atoms with van der Waals surface area (Å²) in [6.07, 6.45) is 4.26. The van der Waals surface area contributed by atoms with Crippen molar-refractivity contribution in [2.45, 2.75) is 76.2 Å². The summed E-state index contributed by atoms with van der Waals surface area (Å²) in [6.45, 7) is 4.15. The summed E-state index contributed by atoms with van der Waals surface area (Å²) in [5.74, 6) is 0.616. The Kier molecular flexibility index (Phi) is 14.2. The predicted molar refractivity (Wildman–Crippen MR) is 245 cm³/mol. The molecule has 63 heavy (non-hydrogen) atoms. The van der Waals surface area contributed by atoms with Gasteiger partial charge in [-0.1, -0.05) is 103 Å². The lowest BCUT2D eigenvalue weighted by Gasteiger charge is -2.44. The highest BCUT2D eigenvalue weighted by atomic mass is 35.5. The normalized spacial score (nSPS) is 17.8. The van der Waals surface area contributed by atoms with Gasteiger partial charge >= 0.3 is 5.97 Å². The number of piperidine rings is 3. The van der Waals surface area contributed by atoms with Crippen molar-refractivity contribution in [2.24, 2.45) is 5.92 Å². The topological polar surface area (TPSA) is 132 Å². The molecule has 0 aliphatic carbocycles. The Labute approximate surface area is 373 Å². The molecule has 0 radical (unpaired) electrons. The number of aromatic hydroxyl groups is 1. The average molecular weight is 868 g/mol. The molecule has 10 nitrogen and oxygen atoms in total. The number of aliphatic hydroxyl groups excluding tert-OH is 1. The van der Waals surface area contributed by atoms with E-state index in [0.717, 1.165) is 61.2 Å². The van der Waals surface area contributed by atoms with Gasteiger partial charge in [-0.05, 0) is 115 Å². The molecule has 326 valence electrons. The first kappa shape index (κ1) is 43.7. The average Bonchev–Trinajstić information content (AvgIpc) is 3.31. The van der Waals surface area contributed by atoms with E-state index in [2.05, 4.69) is 22.0 Å². The Morgan fingerprint density at radius 3 is 2.37 bits per heavy atom. The number of carbonyl (C=O) groups is 2. The van der Waals surface area contributed by atoms with Crippen LogP contribution in [0.25, 0.3) is 10.9 Å². The number of rotatable bonds is 18. The minimum atomic E-state index is -0.784. The van der Waals surface area contributed by atoms with E-state index < -0.39 is 6.10 Å². The summed E-state index contributed by atoms with van der Waals surface area (Å²) >= 11 is 6.55. The molecule has 1 aromatic heterocycles. The van der Waals surface area contributed by atoms with E-state index in [1.54, 1.807) is 12.1 Å². The van der Waals surface area contributed by atoms with Crippen LogP contribution in [0, 0.1) is 5.92 Å². The van der Waals surface area contributed by atoms with Crippen molar-refractivity contribution in [1.82, 2.24) is 14.8 Å². The molecule has 0 saturated carbocycles. The number of H-pyrrole nitrogens is 1. The molecule has 9 rings (SSSR count). The van der Waals surface area contributed by atoms with Crippen molar-refractivity contribution in [3.63, 3.8) is 0 Å². The van der Waals surface area contributed by atoms with E-state index in [1.807, 2.05) is 95.9 Å². The quantitative estimate of drug-likeness (QED) is 0.0575. The second-order valence-electron chi connectivity index (χ2n) is 16.9. The molecular weight excluding hydrogens is 814 g/mol. The van der Waals surface area contributed by atoms with E-state index in [4.69, 9.17) is 21.1 Å². The van der Waals surface area contributed by atoms with Gasteiger partial charge in [0.25, 0.3) is 5.91 Å². The monoisotopic (exact) mass is 867 g/mol. The number of hydrogen-bond donors (Lipinski definition) is 3. The van der Waals surface area contributed by atoms with Crippen LogP contribution < -0.4 is 10.3 Å². The van der Waals surface area contributed by atoms with Crippen LogP contribution in [-0.2, 0) is 22.7 Å². The fraction of sp³-hybridized carbons (Fsp3) is 0.327. The van der Waals surface area contributed by atoms with Crippen LogP contribution in [0.2, 0.25) is 5.02 Å². The van der Waals surface area contributed by atoms with Crippen molar-refractivity contribution in [1.29, 1.82) is 0 Å². The molecule has 0 spiro atoms. The predicted octanol–water partition coefficient (Wildman–Crippen LogP) is 9.56. The largest absolute Gasteiger partial charge is 0.506 e. The van der Waals surface area contributed by atoms with Crippen molar-refractivity contribution in [3.05, 3.63) is 176 Å². The van der Waals surface area contributed by atoms with E-state index in [-0.39, 0.29) is 41.6 Å². The van der Waals surface area contributed by atoms with Crippen LogP contribution >= 0.6 is 11.6 Å². The number of esters is 1. The summed E-state index contributed by atoms with van der Waals surface area (Å²) in [4.78, 5) is 46.2. The van der Waals surface area contributed by atoms with Crippen LogP contribution in [0.5, 0.6) is 11.5 Å². The number of nitrogens with one attached hydrogen (secondary N) is 1. The van der Waals surface area contributed by atoms with Crippen molar-refractivity contribution in [2.75, 3.05) is 26.2 Å². The van der Waals surface area contributed by atoms with Crippen LogP contribution in [0.4, 0.5) is 0 Å². The fourth-order valence-electron chi connectivity index (χ4n) is 9.06. The molecule has 3 aliphatic heterocycles. The maximum Gasteiger partial charge on any atom is 0.307 e. The molecule has 6 aromatic rings. The fourth-order valence-corrected chi connectivity index (χ4v) is 9.26. The van der Waals surface area contributed by atoms with Gasteiger partial charge in [-0.25, -0.2) is 0 Å². The summed E-state index contributed by atoms with van der Waals surface area (Å²) in [5, 5.41) is 22.5. The Morgan fingerprint density at radius 1 is 0.841 bits per heavy atom. The number of halogens is 1. The number of unbranched alkanes of at least 4 members (excludes halogenated alkanes) is 2.